The summed E-state index contributed by atoms with van der Waals surface area (Å²) in [5, 5.41) is 1.99. The van der Waals surface area contributed by atoms with E-state index in [4.69, 9.17) is 0 Å². The molecule has 0 radical (unpaired) electrons. The molecular weight excluding hydrogens is 178 g/mol. The van der Waals surface area contributed by atoms with E-state index in [1.807, 2.05) is 35.9 Å². The summed E-state index contributed by atoms with van der Waals surface area (Å²) >= 11 is 1.45. The molecule has 1 aromatic rings. The molecule has 2 rings (SSSR count). The van der Waals surface area contributed by atoms with Crippen LogP contribution < -0.4 is 0 Å². The van der Waals surface area contributed by atoms with E-state index in [1.165, 1.54) is 23.1 Å². The molecule has 1 aliphatic rings. The maximum atomic E-state index is 4.08. The lowest BCUT2D eigenvalue weighted by Gasteiger charge is -1.98. The molecule has 0 amide bonds. The normalized spacial score (nSPS) is 15.2. The summed E-state index contributed by atoms with van der Waals surface area (Å²) in [7, 11) is 0. The maximum absolute atomic E-state index is 4.08. The lowest BCUT2D eigenvalue weighted by Crippen LogP contribution is -1.79. The molecule has 1 heterocycles. The van der Waals surface area contributed by atoms with Gasteiger partial charge in [0.25, 0.3) is 0 Å². The number of hydrogen-bond donors (Lipinski definition) is 0. The molecule has 1 aromatic carbocycles. The monoisotopic (exact) mass is 187 g/mol. The predicted octanol–water partition coefficient (Wildman–Crippen LogP) is 3.32. The van der Waals surface area contributed by atoms with Crippen LogP contribution in [-0.4, -0.2) is 6.21 Å². The van der Waals surface area contributed by atoms with Crippen LogP contribution in [0.4, 0.5) is 0 Å². The van der Waals surface area contributed by atoms with E-state index in [0.717, 1.165) is 0 Å². The molecule has 1 nitrogen and oxygen atoms in total. The van der Waals surface area contributed by atoms with Crippen LogP contribution in [0.15, 0.2) is 52.3 Å². The second-order valence-corrected chi connectivity index (χ2v) is 3.34. The molecule has 0 bridgehead atoms. The molecule has 0 atom stereocenters. The summed E-state index contributed by atoms with van der Waals surface area (Å²) in [4.78, 5) is 0. The van der Waals surface area contributed by atoms with Crippen LogP contribution in [0.5, 0.6) is 0 Å². The molecule has 0 spiro atoms. The van der Waals surface area contributed by atoms with Gasteiger partial charge in [0.15, 0.2) is 0 Å². The quantitative estimate of drug-likeness (QED) is 0.614. The highest BCUT2D eigenvalue weighted by atomic mass is 32.2. The van der Waals surface area contributed by atoms with Gasteiger partial charge in [-0.1, -0.05) is 30.3 Å². The van der Waals surface area contributed by atoms with Gasteiger partial charge < -0.3 is 0 Å². The Morgan fingerprint density at radius 2 is 1.92 bits per heavy atom. The first kappa shape index (κ1) is 8.32. The third-order valence-corrected chi connectivity index (χ3v) is 2.29. The van der Waals surface area contributed by atoms with Crippen molar-refractivity contribution in [3.05, 3.63) is 53.5 Å². The number of rotatable bonds is 1. The highest BCUT2D eigenvalue weighted by molar-refractivity contribution is 8.01. The summed E-state index contributed by atoms with van der Waals surface area (Å²) < 4.78 is 4.08. The summed E-state index contributed by atoms with van der Waals surface area (Å²) in [6, 6.07) is 10.3. The Kier molecular flexibility index (Phi) is 2.62. The van der Waals surface area contributed by atoms with Crippen LogP contribution in [0.3, 0.4) is 0 Å². The van der Waals surface area contributed by atoms with Crippen LogP contribution in [0.25, 0.3) is 5.57 Å². The van der Waals surface area contributed by atoms with Crippen molar-refractivity contribution < 1.29 is 0 Å². The molecule has 13 heavy (non-hydrogen) atoms. The first-order chi connectivity index (χ1) is 6.47. The third kappa shape index (κ3) is 2.10. The Labute approximate surface area is 82.0 Å². The van der Waals surface area contributed by atoms with E-state index in [-0.39, 0.29) is 0 Å². The topological polar surface area (TPSA) is 12.4 Å². The minimum Gasteiger partial charge on any atom is -0.220 e. The lowest BCUT2D eigenvalue weighted by atomic mass is 10.1. The van der Waals surface area contributed by atoms with Gasteiger partial charge in [-0.2, -0.15) is 0 Å². The zero-order valence-corrected chi connectivity index (χ0v) is 7.87. The van der Waals surface area contributed by atoms with Gasteiger partial charge in [0.1, 0.15) is 0 Å². The fraction of sp³-hybridized carbons (Fsp3) is 0. The molecule has 0 saturated carbocycles. The van der Waals surface area contributed by atoms with E-state index in [9.17, 15) is 0 Å². The van der Waals surface area contributed by atoms with Crippen molar-refractivity contribution in [2.45, 2.75) is 0 Å². The average Bonchev–Trinajstić information content (AvgIpc) is 2.47. The molecule has 0 saturated heterocycles. The molecule has 2 heteroatoms. The molecule has 0 N–H and O–H groups in total. The van der Waals surface area contributed by atoms with E-state index in [1.54, 1.807) is 0 Å². The fourth-order valence-corrected chi connectivity index (χ4v) is 1.57. The Morgan fingerprint density at radius 1 is 1.08 bits per heavy atom. The molecule has 0 aliphatic carbocycles. The highest BCUT2D eigenvalue weighted by Crippen LogP contribution is 2.19. The van der Waals surface area contributed by atoms with Gasteiger partial charge in [-0.25, -0.2) is 4.40 Å². The Morgan fingerprint density at radius 3 is 2.77 bits per heavy atom. The van der Waals surface area contributed by atoms with Crippen molar-refractivity contribution in [2.75, 3.05) is 0 Å². The Bertz CT molecular complexity index is 363. The molecule has 0 fully saturated rings. The van der Waals surface area contributed by atoms with Crippen molar-refractivity contribution in [3.63, 3.8) is 0 Å². The second kappa shape index (κ2) is 4.10. The average molecular weight is 187 g/mol. The van der Waals surface area contributed by atoms with E-state index in [0.29, 0.717) is 0 Å². The predicted molar refractivity (Wildman–Crippen MR) is 59.6 cm³/mol. The van der Waals surface area contributed by atoms with Gasteiger partial charge in [0.05, 0.1) is 0 Å². The third-order valence-electron chi connectivity index (χ3n) is 1.79. The highest BCUT2D eigenvalue weighted by Gasteiger charge is 1.96. The molecular formula is C11H9NS. The van der Waals surface area contributed by atoms with E-state index in [2.05, 4.69) is 22.6 Å². The Hall–Kier alpha value is -1.28. The van der Waals surface area contributed by atoms with Crippen molar-refractivity contribution in [3.8, 4) is 0 Å². The van der Waals surface area contributed by atoms with Crippen molar-refractivity contribution in [2.24, 2.45) is 4.40 Å². The summed E-state index contributed by atoms with van der Waals surface area (Å²) in [5.41, 5.74) is 2.43. The van der Waals surface area contributed by atoms with Gasteiger partial charge in [0, 0.05) is 18.2 Å². The van der Waals surface area contributed by atoms with Crippen LogP contribution in [0.2, 0.25) is 0 Å². The van der Waals surface area contributed by atoms with Crippen molar-refractivity contribution in [1.29, 1.82) is 0 Å². The van der Waals surface area contributed by atoms with Gasteiger partial charge in [-0.05, 0) is 28.7 Å². The summed E-state index contributed by atoms with van der Waals surface area (Å²) in [5.74, 6) is 0. The number of hydrogen-bond acceptors (Lipinski definition) is 2. The second-order valence-electron chi connectivity index (χ2n) is 2.65. The van der Waals surface area contributed by atoms with E-state index >= 15 is 0 Å². The number of allylic oxidation sites excluding steroid dienone is 3. The molecule has 1 aliphatic heterocycles. The standard InChI is InChI=1S/C11H9NS/c1-2-4-10(5-3-1)11-6-8-12-13-9-7-11/h1-9H. The van der Waals surface area contributed by atoms with Gasteiger partial charge >= 0.3 is 0 Å². The summed E-state index contributed by atoms with van der Waals surface area (Å²) in [6.07, 6.45) is 5.92. The van der Waals surface area contributed by atoms with Crippen molar-refractivity contribution in [1.82, 2.24) is 0 Å². The minimum atomic E-state index is 1.20. The largest absolute Gasteiger partial charge is 0.220 e. The smallest absolute Gasteiger partial charge is 0.0361 e. The van der Waals surface area contributed by atoms with Gasteiger partial charge in [-0.3, -0.25) is 0 Å². The van der Waals surface area contributed by atoms with E-state index < -0.39 is 0 Å². The molecule has 64 valence electrons. The van der Waals surface area contributed by atoms with Crippen LogP contribution in [0, 0.1) is 0 Å². The van der Waals surface area contributed by atoms with Gasteiger partial charge in [-0.15, -0.1) is 0 Å². The lowest BCUT2D eigenvalue weighted by molar-refractivity contribution is 1.63. The minimum absolute atomic E-state index is 1.20. The Balaban J connectivity index is 2.36. The fourth-order valence-electron chi connectivity index (χ4n) is 1.16. The van der Waals surface area contributed by atoms with Gasteiger partial charge in [0.2, 0.25) is 0 Å². The first-order valence-electron chi connectivity index (χ1n) is 4.08. The number of nitrogens with zero attached hydrogens (tertiary/aromatic N) is 1. The van der Waals surface area contributed by atoms with Crippen LogP contribution >= 0.6 is 11.9 Å². The maximum Gasteiger partial charge on any atom is 0.0361 e. The molecule has 0 aromatic heterocycles. The van der Waals surface area contributed by atoms with Crippen molar-refractivity contribution >= 4 is 23.7 Å². The zero-order valence-electron chi connectivity index (χ0n) is 7.05. The number of benzene rings is 1. The summed E-state index contributed by atoms with van der Waals surface area (Å²) in [6.45, 7) is 0. The van der Waals surface area contributed by atoms with Crippen LogP contribution in [0.1, 0.15) is 5.56 Å². The SMILES string of the molecule is C1=CC(c2ccccc2)=CC=NS1. The first-order valence-corrected chi connectivity index (χ1v) is 4.92. The zero-order chi connectivity index (χ0) is 8.93. The molecule has 0 unspecified atom stereocenters. The van der Waals surface area contributed by atoms with Crippen LogP contribution in [-0.2, 0) is 0 Å².